The number of benzene rings is 1. The minimum Gasteiger partial charge on any atom is -0.443 e. The molecule has 4 heteroatoms. The summed E-state index contributed by atoms with van der Waals surface area (Å²) < 4.78 is 5.49. The zero-order chi connectivity index (χ0) is 15.7. The number of hydrogen-bond acceptors (Lipinski definition) is 3. The molecule has 4 nitrogen and oxygen atoms in total. The Balaban J connectivity index is 1.74. The molecule has 22 heavy (non-hydrogen) atoms. The average molecular weight is 297 g/mol. The summed E-state index contributed by atoms with van der Waals surface area (Å²) in [5, 5.41) is 0. The third-order valence-corrected chi connectivity index (χ3v) is 4.81. The van der Waals surface area contributed by atoms with Gasteiger partial charge < -0.3 is 4.74 Å². The Morgan fingerprint density at radius 3 is 2.77 bits per heavy atom. The molecule has 0 bridgehead atoms. The lowest BCUT2D eigenvalue weighted by Crippen LogP contribution is -2.37. The molecule has 2 fully saturated rings. The van der Waals surface area contributed by atoms with E-state index in [1.165, 1.54) is 0 Å². The summed E-state index contributed by atoms with van der Waals surface area (Å²) in [5.41, 5.74) is 2.01. The number of ether oxygens (including phenoxy) is 1. The Hall–Kier alpha value is -2.10. The van der Waals surface area contributed by atoms with Crippen molar-refractivity contribution in [2.24, 2.45) is 5.92 Å². The van der Waals surface area contributed by atoms with Crippen LogP contribution in [0.3, 0.4) is 0 Å². The molecule has 4 rings (SSSR count). The molecule has 0 radical (unpaired) electrons. The van der Waals surface area contributed by atoms with Crippen LogP contribution in [0.5, 0.6) is 0 Å². The van der Waals surface area contributed by atoms with Gasteiger partial charge in [-0.1, -0.05) is 24.3 Å². The summed E-state index contributed by atoms with van der Waals surface area (Å²) in [6, 6.07) is 7.77. The van der Waals surface area contributed by atoms with E-state index in [2.05, 4.69) is 0 Å². The van der Waals surface area contributed by atoms with Gasteiger partial charge in [0.2, 0.25) is 0 Å². The molecule has 0 N–H and O–H groups in total. The molecule has 1 aromatic rings. The number of ketones is 1. The third kappa shape index (κ3) is 1.70. The van der Waals surface area contributed by atoms with Crippen LogP contribution in [0.2, 0.25) is 0 Å². The fraction of sp³-hybridized carbons (Fsp3) is 0.444. The van der Waals surface area contributed by atoms with Gasteiger partial charge in [0, 0.05) is 29.3 Å². The first-order valence-corrected chi connectivity index (χ1v) is 7.69. The molecule has 1 saturated heterocycles. The zero-order valence-corrected chi connectivity index (χ0v) is 13.1. The lowest BCUT2D eigenvalue weighted by molar-refractivity contribution is 0.0322. The first kappa shape index (κ1) is 13.6. The van der Waals surface area contributed by atoms with Gasteiger partial charge >= 0.3 is 6.09 Å². The summed E-state index contributed by atoms with van der Waals surface area (Å²) in [6.45, 7) is 6.20. The van der Waals surface area contributed by atoms with Gasteiger partial charge in [-0.2, -0.15) is 0 Å². The average Bonchev–Trinajstić information content (AvgIpc) is 3.06. The van der Waals surface area contributed by atoms with Gasteiger partial charge in [-0.3, -0.25) is 9.69 Å². The molecule has 114 valence electrons. The minimum absolute atomic E-state index is 0.0164. The molecular weight excluding hydrogens is 278 g/mol. The van der Waals surface area contributed by atoms with Gasteiger partial charge in [-0.05, 0) is 38.7 Å². The van der Waals surface area contributed by atoms with Crippen LogP contribution in [0, 0.1) is 5.92 Å². The SMILES string of the molecule is CC(C)(C)OC(=O)N1C[C@@H]2C[C@]23C1=CC(=O)c1ccccc13. The Morgan fingerprint density at radius 1 is 1.32 bits per heavy atom. The number of fused-ring (bicyclic) bond motifs is 1. The van der Waals surface area contributed by atoms with E-state index in [0.717, 1.165) is 23.2 Å². The van der Waals surface area contributed by atoms with E-state index in [-0.39, 0.29) is 17.3 Å². The van der Waals surface area contributed by atoms with Gasteiger partial charge in [0.05, 0.1) is 0 Å². The van der Waals surface area contributed by atoms with Gasteiger partial charge in [0.15, 0.2) is 5.78 Å². The molecule has 0 unspecified atom stereocenters. The predicted molar refractivity (Wildman–Crippen MR) is 81.6 cm³/mol. The smallest absolute Gasteiger partial charge is 0.414 e. The van der Waals surface area contributed by atoms with E-state index in [0.29, 0.717) is 12.5 Å². The van der Waals surface area contributed by atoms with E-state index in [1.54, 1.807) is 11.0 Å². The lowest BCUT2D eigenvalue weighted by Gasteiger charge is -2.31. The molecule has 1 aromatic carbocycles. The highest BCUT2D eigenvalue weighted by Gasteiger charge is 2.67. The van der Waals surface area contributed by atoms with Crippen molar-refractivity contribution in [1.29, 1.82) is 0 Å². The van der Waals surface area contributed by atoms with Crippen molar-refractivity contribution < 1.29 is 14.3 Å². The molecule has 1 spiro atoms. The molecule has 1 heterocycles. The van der Waals surface area contributed by atoms with E-state index < -0.39 is 5.60 Å². The number of hydrogen-bond donors (Lipinski definition) is 0. The number of nitrogens with zero attached hydrogens (tertiary/aromatic N) is 1. The van der Waals surface area contributed by atoms with Crippen molar-refractivity contribution >= 4 is 11.9 Å². The van der Waals surface area contributed by atoms with Crippen LogP contribution in [-0.2, 0) is 10.2 Å². The van der Waals surface area contributed by atoms with Crippen LogP contribution in [0.25, 0.3) is 0 Å². The highest BCUT2D eigenvalue weighted by atomic mass is 16.6. The van der Waals surface area contributed by atoms with Crippen molar-refractivity contribution in [3.8, 4) is 0 Å². The minimum atomic E-state index is -0.534. The molecule has 1 aliphatic heterocycles. The molecule has 1 amide bonds. The molecule has 1 saturated carbocycles. The summed E-state index contributed by atoms with van der Waals surface area (Å²) in [7, 11) is 0. The van der Waals surface area contributed by atoms with Crippen molar-refractivity contribution in [3.05, 3.63) is 47.2 Å². The largest absolute Gasteiger partial charge is 0.443 e. The maximum absolute atomic E-state index is 12.4. The van der Waals surface area contributed by atoms with Crippen LogP contribution in [-0.4, -0.2) is 28.9 Å². The van der Waals surface area contributed by atoms with E-state index in [4.69, 9.17) is 4.74 Å². The normalized spacial score (nSPS) is 28.5. The van der Waals surface area contributed by atoms with Crippen molar-refractivity contribution in [2.75, 3.05) is 6.54 Å². The fourth-order valence-corrected chi connectivity index (χ4v) is 3.88. The Labute approximate surface area is 129 Å². The van der Waals surface area contributed by atoms with Crippen molar-refractivity contribution in [3.63, 3.8) is 0 Å². The first-order valence-electron chi connectivity index (χ1n) is 7.69. The molecular formula is C18H19NO3. The number of piperidine rings is 1. The van der Waals surface area contributed by atoms with Crippen LogP contribution in [0.1, 0.15) is 43.1 Å². The Morgan fingerprint density at radius 2 is 2.05 bits per heavy atom. The fourth-order valence-electron chi connectivity index (χ4n) is 3.88. The predicted octanol–water partition coefficient (Wildman–Crippen LogP) is 3.28. The second-order valence-electron chi connectivity index (χ2n) is 7.40. The zero-order valence-electron chi connectivity index (χ0n) is 13.1. The Bertz CT molecular complexity index is 728. The number of carbonyl (C=O) groups excluding carboxylic acids is 2. The quantitative estimate of drug-likeness (QED) is 0.738. The van der Waals surface area contributed by atoms with Crippen LogP contribution in [0.15, 0.2) is 36.0 Å². The summed E-state index contributed by atoms with van der Waals surface area (Å²) in [6.07, 6.45) is 2.30. The number of carbonyl (C=O) groups is 2. The summed E-state index contributed by atoms with van der Waals surface area (Å²) >= 11 is 0. The van der Waals surface area contributed by atoms with E-state index in [1.807, 2.05) is 45.0 Å². The highest BCUT2D eigenvalue weighted by Crippen LogP contribution is 2.66. The lowest BCUT2D eigenvalue weighted by atomic mass is 9.81. The van der Waals surface area contributed by atoms with Crippen LogP contribution in [0.4, 0.5) is 4.79 Å². The molecule has 2 atom stereocenters. The molecule has 3 aliphatic rings. The van der Waals surface area contributed by atoms with Gasteiger partial charge in [-0.15, -0.1) is 0 Å². The number of rotatable bonds is 0. The second kappa shape index (κ2) is 4.00. The number of likely N-dealkylation sites (tertiary alicyclic amines) is 1. The Kier molecular flexibility index (Phi) is 2.47. The standard InChI is InChI=1S/C18H19NO3/c1-17(2,3)22-16(21)19-10-11-9-18(11)13-7-5-4-6-12(13)14(20)8-15(18)19/h4-8,11H,9-10H2,1-3H3/t11-,18-/m0/s1. The topological polar surface area (TPSA) is 46.6 Å². The van der Waals surface area contributed by atoms with Gasteiger partial charge in [0.1, 0.15) is 5.60 Å². The second-order valence-corrected chi connectivity index (χ2v) is 7.40. The van der Waals surface area contributed by atoms with Crippen molar-refractivity contribution in [2.45, 2.75) is 38.2 Å². The first-order chi connectivity index (χ1) is 10.3. The van der Waals surface area contributed by atoms with E-state index in [9.17, 15) is 9.59 Å². The van der Waals surface area contributed by atoms with Crippen LogP contribution < -0.4 is 0 Å². The van der Waals surface area contributed by atoms with E-state index >= 15 is 0 Å². The summed E-state index contributed by atoms with van der Waals surface area (Å²) in [5.74, 6) is 0.387. The van der Waals surface area contributed by atoms with Gasteiger partial charge in [0.25, 0.3) is 0 Å². The number of amides is 1. The number of allylic oxidation sites excluding steroid dienone is 2. The van der Waals surface area contributed by atoms with Gasteiger partial charge in [-0.25, -0.2) is 4.79 Å². The van der Waals surface area contributed by atoms with Crippen LogP contribution >= 0.6 is 0 Å². The molecule has 2 aliphatic carbocycles. The maximum Gasteiger partial charge on any atom is 0.414 e. The molecule has 0 aromatic heterocycles. The van der Waals surface area contributed by atoms with Crippen molar-refractivity contribution in [1.82, 2.24) is 4.90 Å². The monoisotopic (exact) mass is 297 g/mol. The maximum atomic E-state index is 12.4. The highest BCUT2D eigenvalue weighted by molar-refractivity contribution is 6.09. The third-order valence-electron chi connectivity index (χ3n) is 4.81. The summed E-state index contributed by atoms with van der Waals surface area (Å²) in [4.78, 5) is 26.5.